The van der Waals surface area contributed by atoms with Crippen LogP contribution in [0.5, 0.6) is 5.75 Å². The highest BCUT2D eigenvalue weighted by Crippen LogP contribution is 2.25. The van der Waals surface area contributed by atoms with Gasteiger partial charge in [0, 0.05) is 16.1 Å². The summed E-state index contributed by atoms with van der Waals surface area (Å²) in [5.41, 5.74) is 7.18. The smallest absolute Gasteiger partial charge is 0.276 e. The first kappa shape index (κ1) is 22.7. The van der Waals surface area contributed by atoms with Gasteiger partial charge >= 0.3 is 0 Å². The highest BCUT2D eigenvalue weighted by molar-refractivity contribution is 7.80. The van der Waals surface area contributed by atoms with Crippen LogP contribution in [0.2, 0.25) is 10.0 Å². The van der Waals surface area contributed by atoms with Crippen molar-refractivity contribution in [2.24, 2.45) is 0 Å². The number of carbonyl (C=O) groups excluding carboxylic acids is 2. The monoisotopic (exact) mass is 451 g/mol. The lowest BCUT2D eigenvalue weighted by Gasteiger charge is -2.12. The van der Waals surface area contributed by atoms with Gasteiger partial charge < -0.3 is 4.74 Å². The lowest BCUT2D eigenvalue weighted by atomic mass is 10.1. The summed E-state index contributed by atoms with van der Waals surface area (Å²) in [5, 5.41) is 3.52. The van der Waals surface area contributed by atoms with Gasteiger partial charge in [-0.25, -0.2) is 0 Å². The zero-order chi connectivity index (χ0) is 21.4. The van der Waals surface area contributed by atoms with Gasteiger partial charge in [0.1, 0.15) is 5.75 Å². The van der Waals surface area contributed by atoms with Gasteiger partial charge in [-0.15, -0.1) is 0 Å². The van der Waals surface area contributed by atoms with E-state index in [0.29, 0.717) is 21.4 Å². The third kappa shape index (κ3) is 7.38. The Morgan fingerprint density at radius 1 is 1.10 bits per heavy atom. The Bertz CT molecular complexity index is 941. The molecule has 2 aromatic rings. The van der Waals surface area contributed by atoms with E-state index in [1.165, 1.54) is 6.08 Å². The number of aryl methyl sites for hydroxylation is 2. The van der Waals surface area contributed by atoms with E-state index in [0.717, 1.165) is 11.1 Å². The summed E-state index contributed by atoms with van der Waals surface area (Å²) in [7, 11) is 0. The van der Waals surface area contributed by atoms with Gasteiger partial charge in [0.25, 0.3) is 5.91 Å². The molecule has 0 aliphatic carbocycles. The third-order valence-corrected chi connectivity index (χ3v) is 4.80. The number of thiocarbonyl (C=S) groups is 1. The molecule has 6 nitrogen and oxygen atoms in total. The average Bonchev–Trinajstić information content (AvgIpc) is 2.68. The van der Waals surface area contributed by atoms with E-state index >= 15 is 0 Å². The van der Waals surface area contributed by atoms with Gasteiger partial charge in [-0.3, -0.25) is 25.8 Å². The molecule has 152 valence electrons. The Kier molecular flexibility index (Phi) is 8.45. The molecule has 0 fully saturated rings. The maximum absolute atomic E-state index is 11.9. The Labute approximate surface area is 184 Å². The molecule has 0 aliphatic rings. The molecule has 0 spiro atoms. The Hall–Kier alpha value is -2.61. The summed E-state index contributed by atoms with van der Waals surface area (Å²) in [6.45, 7) is 3.47. The van der Waals surface area contributed by atoms with Gasteiger partial charge in [0.2, 0.25) is 5.91 Å². The van der Waals surface area contributed by atoms with Crippen molar-refractivity contribution < 1.29 is 14.3 Å². The fourth-order valence-electron chi connectivity index (χ4n) is 2.26. The Morgan fingerprint density at radius 3 is 2.41 bits per heavy atom. The van der Waals surface area contributed by atoms with Crippen LogP contribution in [0.4, 0.5) is 0 Å². The first-order valence-corrected chi connectivity index (χ1v) is 9.64. The summed E-state index contributed by atoms with van der Waals surface area (Å²) in [4.78, 5) is 23.7. The summed E-state index contributed by atoms with van der Waals surface area (Å²) in [5.74, 6) is -0.418. The topological polar surface area (TPSA) is 79.5 Å². The molecule has 0 aliphatic heterocycles. The van der Waals surface area contributed by atoms with Crippen molar-refractivity contribution in [3.63, 3.8) is 0 Å². The van der Waals surface area contributed by atoms with Crippen LogP contribution in [0.15, 0.2) is 42.5 Å². The van der Waals surface area contributed by atoms with Crippen molar-refractivity contribution in [2.75, 3.05) is 6.61 Å². The maximum atomic E-state index is 11.9. The molecule has 0 saturated heterocycles. The fraction of sp³-hybridized carbons (Fsp3) is 0.150. The highest BCUT2D eigenvalue weighted by Gasteiger charge is 2.08. The number of amides is 2. The number of hydrazine groups is 1. The van der Waals surface area contributed by atoms with Crippen LogP contribution in [-0.2, 0) is 9.59 Å². The number of hydrogen-bond donors (Lipinski definition) is 3. The van der Waals surface area contributed by atoms with Crippen molar-refractivity contribution in [2.45, 2.75) is 13.8 Å². The quantitative estimate of drug-likeness (QED) is 0.366. The largest absolute Gasteiger partial charge is 0.484 e. The minimum atomic E-state index is -0.474. The third-order valence-electron chi connectivity index (χ3n) is 3.65. The molecule has 2 amide bonds. The summed E-state index contributed by atoms with van der Waals surface area (Å²) in [6, 6.07) is 10.6. The molecular weight excluding hydrogens is 433 g/mol. The predicted octanol–water partition coefficient (Wildman–Crippen LogP) is 3.72. The zero-order valence-electron chi connectivity index (χ0n) is 15.7. The van der Waals surface area contributed by atoms with Crippen molar-refractivity contribution in [1.82, 2.24) is 16.2 Å². The standard InChI is InChI=1S/C20H19Cl2N3O3S/c1-12-9-15(10-13(2)19(12)22)28-11-18(27)24-25-20(29)23-17(26)8-7-14-5-3-4-6-16(14)21/h3-10H,11H2,1-2H3,(H,24,27)(H2,23,25,26,29). The number of nitrogens with one attached hydrogen (secondary N) is 3. The molecule has 2 aromatic carbocycles. The van der Waals surface area contributed by atoms with Crippen molar-refractivity contribution in [3.8, 4) is 5.75 Å². The van der Waals surface area contributed by atoms with E-state index in [1.807, 2.05) is 13.8 Å². The molecule has 0 unspecified atom stereocenters. The van der Waals surface area contributed by atoms with Gasteiger partial charge in [-0.1, -0.05) is 41.4 Å². The number of rotatable bonds is 5. The second-order valence-corrected chi connectivity index (χ2v) is 7.20. The molecule has 2 rings (SSSR count). The number of carbonyl (C=O) groups is 2. The highest BCUT2D eigenvalue weighted by atomic mass is 35.5. The number of benzene rings is 2. The molecule has 0 bridgehead atoms. The van der Waals surface area contributed by atoms with Crippen molar-refractivity contribution >= 4 is 58.4 Å². The molecule has 29 heavy (non-hydrogen) atoms. The first-order valence-electron chi connectivity index (χ1n) is 8.48. The number of ether oxygens (including phenoxy) is 1. The first-order chi connectivity index (χ1) is 13.8. The second kappa shape index (κ2) is 10.8. The maximum Gasteiger partial charge on any atom is 0.276 e. The van der Waals surface area contributed by atoms with Crippen LogP contribution in [0, 0.1) is 13.8 Å². The predicted molar refractivity (Wildman–Crippen MR) is 119 cm³/mol. The van der Waals surface area contributed by atoms with Crippen molar-refractivity contribution in [1.29, 1.82) is 0 Å². The van der Waals surface area contributed by atoms with Crippen LogP contribution in [0.25, 0.3) is 6.08 Å². The normalized spacial score (nSPS) is 10.5. The van der Waals surface area contributed by atoms with Gasteiger partial charge in [0.15, 0.2) is 11.7 Å². The SMILES string of the molecule is Cc1cc(OCC(=O)NNC(=S)NC(=O)C=Cc2ccccc2Cl)cc(C)c1Cl. The van der Waals surface area contributed by atoms with E-state index in [9.17, 15) is 9.59 Å². The van der Waals surface area contributed by atoms with E-state index in [1.54, 1.807) is 42.5 Å². The molecule has 0 aromatic heterocycles. The lowest BCUT2D eigenvalue weighted by Crippen LogP contribution is -2.49. The van der Waals surface area contributed by atoms with Crippen molar-refractivity contribution in [3.05, 3.63) is 69.2 Å². The van der Waals surface area contributed by atoms with Crippen LogP contribution in [0.3, 0.4) is 0 Å². The van der Waals surface area contributed by atoms with Crippen LogP contribution >= 0.6 is 35.4 Å². The van der Waals surface area contributed by atoms with Gasteiger partial charge in [0.05, 0.1) is 0 Å². The molecule has 0 radical (unpaired) electrons. The summed E-state index contributed by atoms with van der Waals surface area (Å²) >= 11 is 17.1. The molecule has 3 N–H and O–H groups in total. The fourth-order valence-corrected chi connectivity index (χ4v) is 2.72. The summed E-state index contributed by atoms with van der Waals surface area (Å²) in [6.07, 6.45) is 2.84. The minimum absolute atomic E-state index is 0.0645. The second-order valence-electron chi connectivity index (χ2n) is 6.01. The Balaban J connectivity index is 1.75. The zero-order valence-corrected chi connectivity index (χ0v) is 18.0. The molecular formula is C20H19Cl2N3O3S. The minimum Gasteiger partial charge on any atom is -0.484 e. The van der Waals surface area contributed by atoms with E-state index in [2.05, 4.69) is 16.2 Å². The lowest BCUT2D eigenvalue weighted by molar-refractivity contribution is -0.123. The average molecular weight is 452 g/mol. The molecule has 9 heteroatoms. The van der Waals surface area contributed by atoms with Crippen LogP contribution < -0.4 is 20.9 Å². The Morgan fingerprint density at radius 2 is 1.76 bits per heavy atom. The molecule has 0 atom stereocenters. The van der Waals surface area contributed by atoms with Crippen LogP contribution in [-0.4, -0.2) is 23.5 Å². The molecule has 0 heterocycles. The van der Waals surface area contributed by atoms with E-state index in [-0.39, 0.29) is 11.7 Å². The van der Waals surface area contributed by atoms with Gasteiger partial charge in [-0.2, -0.15) is 0 Å². The van der Waals surface area contributed by atoms with E-state index < -0.39 is 11.8 Å². The summed E-state index contributed by atoms with van der Waals surface area (Å²) < 4.78 is 5.43. The van der Waals surface area contributed by atoms with E-state index in [4.69, 9.17) is 40.2 Å². The number of halogens is 2. The van der Waals surface area contributed by atoms with Crippen LogP contribution in [0.1, 0.15) is 16.7 Å². The van der Waals surface area contributed by atoms with Gasteiger partial charge in [-0.05, 0) is 67.0 Å². The molecule has 0 saturated carbocycles. The number of hydrogen-bond acceptors (Lipinski definition) is 4.